The summed E-state index contributed by atoms with van der Waals surface area (Å²) in [5.74, 6) is -0.971. The van der Waals surface area contributed by atoms with E-state index in [9.17, 15) is 9.59 Å². The van der Waals surface area contributed by atoms with Crippen LogP contribution in [0, 0.1) is 0 Å². The van der Waals surface area contributed by atoms with E-state index in [0.717, 1.165) is 0 Å². The van der Waals surface area contributed by atoms with Crippen molar-refractivity contribution in [1.82, 2.24) is 4.98 Å². The molecule has 0 amide bonds. The zero-order chi connectivity index (χ0) is 10.8. The average Bonchev–Trinajstić information content (AvgIpc) is 2.02. The number of H-pyrrole nitrogens is 1. The molecule has 76 valence electrons. The highest BCUT2D eigenvalue weighted by molar-refractivity contribution is 5.68. The Bertz CT molecular complexity index is 375. The van der Waals surface area contributed by atoms with Crippen molar-refractivity contribution in [2.24, 2.45) is 5.73 Å². The quantitative estimate of drug-likeness (QED) is 0.635. The lowest BCUT2D eigenvalue weighted by Crippen LogP contribution is -2.36. The molecule has 4 N–H and O–H groups in total. The second-order valence-electron chi connectivity index (χ2n) is 3.43. The van der Waals surface area contributed by atoms with Crippen LogP contribution in [0.5, 0.6) is 0 Å². The second-order valence-corrected chi connectivity index (χ2v) is 3.43. The van der Waals surface area contributed by atoms with Crippen molar-refractivity contribution in [2.75, 3.05) is 0 Å². The predicted octanol–water partition coefficient (Wildman–Crippen LogP) is 0.0235. The highest BCUT2D eigenvalue weighted by Gasteiger charge is 2.24. The minimum Gasteiger partial charge on any atom is -0.481 e. The lowest BCUT2D eigenvalue weighted by Gasteiger charge is -2.22. The smallest absolute Gasteiger partial charge is 0.305 e. The molecule has 0 saturated carbocycles. The first kappa shape index (κ1) is 10.5. The highest BCUT2D eigenvalue weighted by Crippen LogP contribution is 2.19. The molecule has 1 unspecified atom stereocenters. The molecule has 1 aromatic heterocycles. The van der Waals surface area contributed by atoms with Crippen molar-refractivity contribution >= 4 is 5.97 Å². The van der Waals surface area contributed by atoms with Gasteiger partial charge in [0.05, 0.1) is 12.0 Å². The molecule has 1 rings (SSSR count). The summed E-state index contributed by atoms with van der Waals surface area (Å²) in [6.07, 6.45) is 1.25. The zero-order valence-corrected chi connectivity index (χ0v) is 7.78. The van der Waals surface area contributed by atoms with Crippen molar-refractivity contribution in [3.63, 3.8) is 0 Å². The van der Waals surface area contributed by atoms with E-state index in [0.29, 0.717) is 5.56 Å². The van der Waals surface area contributed by atoms with E-state index < -0.39 is 11.5 Å². The van der Waals surface area contributed by atoms with Crippen LogP contribution in [0.4, 0.5) is 0 Å². The van der Waals surface area contributed by atoms with Gasteiger partial charge in [-0.2, -0.15) is 0 Å². The molecule has 0 fully saturated rings. The Hall–Kier alpha value is -1.62. The molecule has 0 aliphatic rings. The van der Waals surface area contributed by atoms with Crippen LogP contribution >= 0.6 is 0 Å². The monoisotopic (exact) mass is 196 g/mol. The summed E-state index contributed by atoms with van der Waals surface area (Å²) >= 11 is 0. The molecule has 1 atom stereocenters. The van der Waals surface area contributed by atoms with Gasteiger partial charge >= 0.3 is 5.97 Å². The van der Waals surface area contributed by atoms with Crippen LogP contribution in [0.15, 0.2) is 23.1 Å². The standard InChI is InChI=1S/C9H12N2O3/c1-9(10,4-8(13)14)6-2-3-7(12)11-5-6/h2-3,5H,4,10H2,1H3,(H,11,12)(H,13,14). The van der Waals surface area contributed by atoms with Crippen LogP contribution in [0.3, 0.4) is 0 Å². The molecular weight excluding hydrogens is 184 g/mol. The van der Waals surface area contributed by atoms with Crippen molar-refractivity contribution < 1.29 is 9.90 Å². The fourth-order valence-corrected chi connectivity index (χ4v) is 1.18. The molecular formula is C9H12N2O3. The summed E-state index contributed by atoms with van der Waals surface area (Å²) in [6.45, 7) is 1.61. The number of carboxylic acid groups (broad SMARTS) is 1. The number of aromatic nitrogens is 1. The van der Waals surface area contributed by atoms with Crippen LogP contribution in [-0.4, -0.2) is 16.1 Å². The summed E-state index contributed by atoms with van der Waals surface area (Å²) < 4.78 is 0. The number of pyridine rings is 1. The number of nitrogens with two attached hydrogens (primary N) is 1. The maximum absolute atomic E-state index is 10.8. The van der Waals surface area contributed by atoms with Gasteiger partial charge in [0, 0.05) is 12.3 Å². The molecule has 5 nitrogen and oxygen atoms in total. The van der Waals surface area contributed by atoms with Gasteiger partial charge in [0.1, 0.15) is 0 Å². The van der Waals surface area contributed by atoms with Crippen LogP contribution in [0.25, 0.3) is 0 Å². The van der Waals surface area contributed by atoms with E-state index in [-0.39, 0.29) is 12.0 Å². The molecule has 14 heavy (non-hydrogen) atoms. The average molecular weight is 196 g/mol. The molecule has 1 heterocycles. The number of nitrogens with one attached hydrogen (secondary N) is 1. The zero-order valence-electron chi connectivity index (χ0n) is 7.78. The fraction of sp³-hybridized carbons (Fsp3) is 0.333. The normalized spacial score (nSPS) is 14.7. The van der Waals surface area contributed by atoms with E-state index in [2.05, 4.69) is 4.98 Å². The topological polar surface area (TPSA) is 96.2 Å². The molecule has 0 saturated heterocycles. The number of carboxylic acids is 1. The van der Waals surface area contributed by atoms with Gasteiger partial charge in [-0.15, -0.1) is 0 Å². The molecule has 0 aliphatic heterocycles. The van der Waals surface area contributed by atoms with Crippen molar-refractivity contribution in [2.45, 2.75) is 18.9 Å². The maximum Gasteiger partial charge on any atom is 0.305 e. The first-order valence-corrected chi connectivity index (χ1v) is 4.12. The van der Waals surface area contributed by atoms with Gasteiger partial charge in [0.15, 0.2) is 0 Å². The number of carbonyl (C=O) groups is 1. The number of aromatic amines is 1. The molecule has 0 bridgehead atoms. The molecule has 0 aromatic carbocycles. The van der Waals surface area contributed by atoms with Gasteiger partial charge in [-0.1, -0.05) is 6.07 Å². The summed E-state index contributed by atoms with van der Waals surface area (Å²) in [6, 6.07) is 2.85. The lowest BCUT2D eigenvalue weighted by atomic mass is 9.91. The summed E-state index contributed by atoms with van der Waals surface area (Å²) in [4.78, 5) is 23.7. The van der Waals surface area contributed by atoms with Crippen LogP contribution < -0.4 is 11.3 Å². The predicted molar refractivity (Wildman–Crippen MR) is 50.9 cm³/mol. The molecule has 0 radical (unpaired) electrons. The fourth-order valence-electron chi connectivity index (χ4n) is 1.18. The summed E-state index contributed by atoms with van der Waals surface area (Å²) in [5, 5.41) is 8.61. The molecule has 0 aliphatic carbocycles. The largest absolute Gasteiger partial charge is 0.481 e. The number of aliphatic carboxylic acids is 1. The summed E-state index contributed by atoms with van der Waals surface area (Å²) in [7, 11) is 0. The Kier molecular flexibility index (Phi) is 2.71. The van der Waals surface area contributed by atoms with Crippen molar-refractivity contribution in [3.05, 3.63) is 34.2 Å². The minimum atomic E-state index is -0.971. The van der Waals surface area contributed by atoms with Gasteiger partial charge in [0.2, 0.25) is 5.56 Å². The van der Waals surface area contributed by atoms with Gasteiger partial charge < -0.3 is 15.8 Å². The summed E-state index contributed by atoms with van der Waals surface area (Å²) in [5.41, 5.74) is 5.18. The number of hydrogen-bond acceptors (Lipinski definition) is 3. The third-order valence-electron chi connectivity index (χ3n) is 1.96. The highest BCUT2D eigenvalue weighted by atomic mass is 16.4. The molecule has 1 aromatic rings. The van der Waals surface area contributed by atoms with Crippen LogP contribution in [0.1, 0.15) is 18.9 Å². The van der Waals surface area contributed by atoms with Gasteiger partial charge in [-0.25, -0.2) is 0 Å². The van der Waals surface area contributed by atoms with Crippen molar-refractivity contribution in [1.29, 1.82) is 0 Å². The van der Waals surface area contributed by atoms with Gasteiger partial charge in [0.25, 0.3) is 0 Å². The first-order valence-electron chi connectivity index (χ1n) is 4.12. The molecule has 5 heteroatoms. The molecule has 0 spiro atoms. The number of rotatable bonds is 3. The third-order valence-corrected chi connectivity index (χ3v) is 1.96. The number of hydrogen-bond donors (Lipinski definition) is 3. The lowest BCUT2D eigenvalue weighted by molar-refractivity contribution is -0.138. The minimum absolute atomic E-state index is 0.182. The van der Waals surface area contributed by atoms with E-state index in [1.54, 1.807) is 6.92 Å². The van der Waals surface area contributed by atoms with E-state index in [1.165, 1.54) is 18.3 Å². The van der Waals surface area contributed by atoms with E-state index in [4.69, 9.17) is 10.8 Å². The van der Waals surface area contributed by atoms with Gasteiger partial charge in [-0.05, 0) is 12.5 Å². The first-order chi connectivity index (χ1) is 6.42. The Labute approximate surface area is 80.6 Å². The van der Waals surface area contributed by atoms with Gasteiger partial charge in [-0.3, -0.25) is 9.59 Å². The SMILES string of the molecule is CC(N)(CC(=O)O)c1ccc(=O)[nH]c1. The Morgan fingerprint density at radius 2 is 2.29 bits per heavy atom. The third kappa shape index (κ3) is 2.43. The Morgan fingerprint density at radius 3 is 2.71 bits per heavy atom. The van der Waals surface area contributed by atoms with Crippen LogP contribution in [0.2, 0.25) is 0 Å². The van der Waals surface area contributed by atoms with Crippen LogP contribution in [-0.2, 0) is 10.3 Å². The Balaban J connectivity index is 2.97. The van der Waals surface area contributed by atoms with E-state index >= 15 is 0 Å². The van der Waals surface area contributed by atoms with E-state index in [1.807, 2.05) is 0 Å². The Morgan fingerprint density at radius 1 is 1.64 bits per heavy atom. The second kappa shape index (κ2) is 3.63. The van der Waals surface area contributed by atoms with Crippen molar-refractivity contribution in [3.8, 4) is 0 Å². The maximum atomic E-state index is 10.8.